The predicted molar refractivity (Wildman–Crippen MR) is 81.3 cm³/mol. The molecule has 0 radical (unpaired) electrons. The summed E-state index contributed by atoms with van der Waals surface area (Å²) < 4.78 is 0. The molecule has 1 aromatic carbocycles. The van der Waals surface area contributed by atoms with Crippen LogP contribution >= 0.6 is 35.4 Å². The van der Waals surface area contributed by atoms with E-state index >= 15 is 0 Å². The lowest BCUT2D eigenvalue weighted by atomic mass is 10.2. The first kappa shape index (κ1) is 14.1. The lowest BCUT2D eigenvalue weighted by Gasteiger charge is -2.22. The van der Waals surface area contributed by atoms with Crippen LogP contribution in [0.4, 0.5) is 0 Å². The van der Waals surface area contributed by atoms with Gasteiger partial charge in [-0.25, -0.2) is 0 Å². The van der Waals surface area contributed by atoms with Gasteiger partial charge < -0.3 is 5.73 Å². The van der Waals surface area contributed by atoms with E-state index in [1.54, 1.807) is 6.07 Å². The fraction of sp³-hybridized carbons (Fsp3) is 0.462. The van der Waals surface area contributed by atoms with Crippen LogP contribution in [-0.4, -0.2) is 22.5 Å². The zero-order valence-electron chi connectivity index (χ0n) is 10.0. The molecule has 0 spiro atoms. The van der Waals surface area contributed by atoms with Crippen molar-refractivity contribution in [1.29, 1.82) is 0 Å². The van der Waals surface area contributed by atoms with Crippen LogP contribution in [-0.2, 0) is 6.54 Å². The predicted octanol–water partition coefficient (Wildman–Crippen LogP) is 3.63. The third-order valence-electron chi connectivity index (χ3n) is 3.10. The Morgan fingerprint density at radius 1 is 1.39 bits per heavy atom. The molecular formula is C13H16Cl2N2S. The van der Waals surface area contributed by atoms with Gasteiger partial charge in [-0.05, 0) is 30.5 Å². The molecule has 2 rings (SSSR count). The van der Waals surface area contributed by atoms with E-state index in [-0.39, 0.29) is 0 Å². The largest absolute Gasteiger partial charge is 0.393 e. The first-order valence-electron chi connectivity index (χ1n) is 6.02. The molecule has 0 amide bonds. The van der Waals surface area contributed by atoms with Crippen LogP contribution < -0.4 is 5.73 Å². The van der Waals surface area contributed by atoms with E-state index in [4.69, 9.17) is 41.2 Å². The highest BCUT2D eigenvalue weighted by Gasteiger charge is 2.29. The monoisotopic (exact) mass is 302 g/mol. The molecule has 1 saturated carbocycles. The molecule has 5 heteroatoms. The summed E-state index contributed by atoms with van der Waals surface area (Å²) in [4.78, 5) is 2.97. The number of hydrogen-bond acceptors (Lipinski definition) is 2. The van der Waals surface area contributed by atoms with E-state index in [9.17, 15) is 0 Å². The van der Waals surface area contributed by atoms with Crippen molar-refractivity contribution < 1.29 is 0 Å². The average molecular weight is 303 g/mol. The summed E-state index contributed by atoms with van der Waals surface area (Å²) in [5, 5.41) is 1.40. The normalized spacial score (nSPS) is 15.1. The molecule has 0 heterocycles. The van der Waals surface area contributed by atoms with Crippen LogP contribution in [0.25, 0.3) is 0 Å². The van der Waals surface area contributed by atoms with E-state index < -0.39 is 0 Å². The van der Waals surface area contributed by atoms with E-state index in [0.29, 0.717) is 16.1 Å². The molecule has 0 atom stereocenters. The lowest BCUT2D eigenvalue weighted by molar-refractivity contribution is 0.263. The molecule has 2 N–H and O–H groups in total. The Bertz CT molecular complexity index is 447. The summed E-state index contributed by atoms with van der Waals surface area (Å²) in [6.45, 7) is 1.74. The molecule has 98 valence electrons. The third kappa shape index (κ3) is 4.09. The molecule has 18 heavy (non-hydrogen) atoms. The Morgan fingerprint density at radius 2 is 2.11 bits per heavy atom. The van der Waals surface area contributed by atoms with Gasteiger partial charge in [0, 0.05) is 35.6 Å². The second-order valence-electron chi connectivity index (χ2n) is 4.65. The molecule has 0 bridgehead atoms. The lowest BCUT2D eigenvalue weighted by Crippen LogP contribution is -2.29. The number of nitrogens with two attached hydrogens (primary N) is 1. The number of halogens is 2. The van der Waals surface area contributed by atoms with Crippen LogP contribution in [0.15, 0.2) is 18.2 Å². The molecule has 1 fully saturated rings. The Kier molecular flexibility index (Phi) is 4.84. The van der Waals surface area contributed by atoms with Gasteiger partial charge in [0.2, 0.25) is 0 Å². The van der Waals surface area contributed by atoms with Crippen molar-refractivity contribution in [2.45, 2.75) is 31.8 Å². The van der Waals surface area contributed by atoms with Crippen LogP contribution in [0, 0.1) is 0 Å². The molecule has 0 unspecified atom stereocenters. The summed E-state index contributed by atoms with van der Waals surface area (Å²) >= 11 is 17.0. The maximum atomic E-state index is 6.20. The Labute approximate surface area is 123 Å². The minimum absolute atomic E-state index is 0.572. The van der Waals surface area contributed by atoms with Gasteiger partial charge in [-0.15, -0.1) is 0 Å². The van der Waals surface area contributed by atoms with Crippen LogP contribution in [0.5, 0.6) is 0 Å². The van der Waals surface area contributed by atoms with Crippen LogP contribution in [0.3, 0.4) is 0 Å². The van der Waals surface area contributed by atoms with Gasteiger partial charge in [0.25, 0.3) is 0 Å². The summed E-state index contributed by atoms with van der Waals surface area (Å²) in [7, 11) is 0. The highest BCUT2D eigenvalue weighted by atomic mass is 35.5. The van der Waals surface area contributed by atoms with E-state index in [2.05, 4.69) is 4.90 Å². The topological polar surface area (TPSA) is 29.3 Å². The zero-order chi connectivity index (χ0) is 13.1. The van der Waals surface area contributed by atoms with Crippen LogP contribution in [0.2, 0.25) is 10.0 Å². The molecule has 0 aliphatic heterocycles. The van der Waals surface area contributed by atoms with Crippen molar-refractivity contribution in [2.75, 3.05) is 6.54 Å². The standard InChI is InChI=1S/C13H16Cl2N2S/c14-10-2-1-9(12(15)7-10)8-17(11-3-4-11)6-5-13(16)18/h1-2,7,11H,3-6,8H2,(H2,16,18). The smallest absolute Gasteiger partial charge is 0.0740 e. The highest BCUT2D eigenvalue weighted by molar-refractivity contribution is 7.80. The molecule has 1 aliphatic rings. The molecular weight excluding hydrogens is 287 g/mol. The number of thiocarbonyl (C=S) groups is 1. The van der Waals surface area contributed by atoms with Gasteiger partial charge in [0.15, 0.2) is 0 Å². The maximum absolute atomic E-state index is 6.20. The van der Waals surface area contributed by atoms with Gasteiger partial charge in [-0.1, -0.05) is 41.5 Å². The van der Waals surface area contributed by atoms with Gasteiger partial charge in [-0.3, -0.25) is 4.90 Å². The average Bonchev–Trinajstić information content (AvgIpc) is 3.10. The maximum Gasteiger partial charge on any atom is 0.0740 e. The van der Waals surface area contributed by atoms with E-state index in [1.165, 1.54) is 12.8 Å². The Balaban J connectivity index is 2.01. The highest BCUT2D eigenvalue weighted by Crippen LogP contribution is 2.30. The number of benzene rings is 1. The quantitative estimate of drug-likeness (QED) is 0.814. The van der Waals surface area contributed by atoms with Crippen molar-refractivity contribution in [3.63, 3.8) is 0 Å². The molecule has 0 saturated heterocycles. The first-order valence-corrected chi connectivity index (χ1v) is 7.19. The fourth-order valence-corrected chi connectivity index (χ4v) is 2.51. The van der Waals surface area contributed by atoms with Crippen molar-refractivity contribution in [3.05, 3.63) is 33.8 Å². The number of hydrogen-bond donors (Lipinski definition) is 1. The van der Waals surface area contributed by atoms with E-state index in [0.717, 1.165) is 30.1 Å². The van der Waals surface area contributed by atoms with Crippen LogP contribution in [0.1, 0.15) is 24.8 Å². The molecule has 2 nitrogen and oxygen atoms in total. The van der Waals surface area contributed by atoms with Gasteiger partial charge in [-0.2, -0.15) is 0 Å². The van der Waals surface area contributed by atoms with Gasteiger partial charge in [0.05, 0.1) is 4.99 Å². The summed E-state index contributed by atoms with van der Waals surface area (Å²) in [6, 6.07) is 6.31. The summed E-state index contributed by atoms with van der Waals surface area (Å²) in [5.41, 5.74) is 6.67. The second kappa shape index (κ2) is 6.20. The number of nitrogens with zero attached hydrogens (tertiary/aromatic N) is 1. The summed E-state index contributed by atoms with van der Waals surface area (Å²) in [6.07, 6.45) is 3.27. The van der Waals surface area contributed by atoms with E-state index in [1.807, 2.05) is 12.1 Å². The van der Waals surface area contributed by atoms with Gasteiger partial charge >= 0.3 is 0 Å². The minimum Gasteiger partial charge on any atom is -0.393 e. The summed E-state index contributed by atoms with van der Waals surface area (Å²) in [5.74, 6) is 0. The van der Waals surface area contributed by atoms with Crippen molar-refractivity contribution >= 4 is 40.4 Å². The molecule has 0 aromatic heterocycles. The molecule has 1 aromatic rings. The SMILES string of the molecule is NC(=S)CCN(Cc1ccc(Cl)cc1Cl)C1CC1. The Hall–Kier alpha value is -0.350. The van der Waals surface area contributed by atoms with Crippen molar-refractivity contribution in [1.82, 2.24) is 4.90 Å². The Morgan fingerprint density at radius 3 is 2.67 bits per heavy atom. The fourth-order valence-electron chi connectivity index (χ4n) is 1.95. The zero-order valence-corrected chi connectivity index (χ0v) is 12.4. The van der Waals surface area contributed by atoms with Crippen molar-refractivity contribution in [2.24, 2.45) is 5.73 Å². The second-order valence-corrected chi connectivity index (χ2v) is 6.02. The first-order chi connectivity index (χ1) is 8.56. The minimum atomic E-state index is 0.572. The van der Waals surface area contributed by atoms with Crippen molar-refractivity contribution in [3.8, 4) is 0 Å². The number of rotatable bonds is 6. The van der Waals surface area contributed by atoms with Gasteiger partial charge in [0.1, 0.15) is 0 Å². The molecule has 1 aliphatic carbocycles. The third-order valence-corrected chi connectivity index (χ3v) is 3.89.